The molecule has 6 heteroatoms. The molecule has 0 unspecified atom stereocenters. The fraction of sp³-hybridized carbons (Fsp3) is 0.875. The molecule has 2 saturated heterocycles. The van der Waals surface area contributed by atoms with E-state index in [1.165, 1.54) is 25.9 Å². The highest BCUT2D eigenvalue weighted by molar-refractivity contribution is 5.36. The van der Waals surface area contributed by atoms with Gasteiger partial charge in [0.15, 0.2) is 0 Å². The van der Waals surface area contributed by atoms with E-state index in [0.717, 1.165) is 44.6 Å². The Morgan fingerprint density at radius 1 is 0.933 bits per heavy atom. The van der Waals surface area contributed by atoms with Gasteiger partial charge in [-0.15, -0.1) is 0 Å². The number of ether oxygens (including phenoxy) is 2. The van der Waals surface area contributed by atoms with Gasteiger partial charge in [-0.3, -0.25) is 0 Å². The summed E-state index contributed by atoms with van der Waals surface area (Å²) in [6, 6.07) is 1.26. The highest BCUT2D eigenvalue weighted by Gasteiger charge is 2.36. The highest BCUT2D eigenvalue weighted by Crippen LogP contribution is 2.33. The Labute approximate surface area is 182 Å². The number of hydrogen-bond donors (Lipinski definition) is 0. The van der Waals surface area contributed by atoms with Crippen LogP contribution in [0, 0.1) is 0 Å². The number of aromatic nitrogens is 2. The molecule has 0 spiro atoms. The summed E-state index contributed by atoms with van der Waals surface area (Å²) in [5.74, 6) is 1.14. The van der Waals surface area contributed by atoms with Gasteiger partial charge >= 0.3 is 0 Å². The van der Waals surface area contributed by atoms with Crippen molar-refractivity contribution in [1.82, 2.24) is 14.5 Å². The van der Waals surface area contributed by atoms with Gasteiger partial charge in [0.1, 0.15) is 5.82 Å². The van der Waals surface area contributed by atoms with Gasteiger partial charge in [-0.05, 0) is 73.1 Å². The molecule has 2 aliphatic heterocycles. The summed E-state index contributed by atoms with van der Waals surface area (Å²) in [5.41, 5.74) is -0.0458. The SMILES string of the molecule is CC(C)N1CCC(n2cnc(N3CCC(OC4CC(OC(C)(C)C)C4)CC3)c2)CC1. The summed E-state index contributed by atoms with van der Waals surface area (Å²) in [4.78, 5) is 9.76. The first kappa shape index (κ1) is 22.1. The Hall–Kier alpha value is -1.11. The van der Waals surface area contributed by atoms with E-state index < -0.39 is 0 Å². The third-order valence-corrected chi connectivity index (χ3v) is 6.96. The standard InChI is InChI=1S/C24H42N4O2/c1-18(2)26-10-6-19(7-11-26)28-16-23(25-17-28)27-12-8-20(9-13-27)29-21-14-22(15-21)30-24(3,4)5/h16-22H,6-15H2,1-5H3. The van der Waals surface area contributed by atoms with Crippen LogP contribution in [0.3, 0.4) is 0 Å². The first-order chi connectivity index (χ1) is 14.3. The first-order valence-electron chi connectivity index (χ1n) is 12.1. The summed E-state index contributed by atoms with van der Waals surface area (Å²) < 4.78 is 14.7. The Morgan fingerprint density at radius 3 is 2.20 bits per heavy atom. The number of piperidine rings is 2. The first-order valence-corrected chi connectivity index (χ1v) is 12.1. The van der Waals surface area contributed by atoms with Crippen molar-refractivity contribution in [3.8, 4) is 0 Å². The van der Waals surface area contributed by atoms with Crippen molar-refractivity contribution in [1.29, 1.82) is 0 Å². The largest absolute Gasteiger partial charge is 0.375 e. The van der Waals surface area contributed by atoms with Gasteiger partial charge in [0.05, 0.1) is 30.2 Å². The lowest BCUT2D eigenvalue weighted by atomic mass is 9.90. The topological polar surface area (TPSA) is 42.8 Å². The van der Waals surface area contributed by atoms with Gasteiger partial charge in [-0.1, -0.05) is 0 Å². The Kier molecular flexibility index (Phi) is 6.76. The molecular formula is C24H42N4O2. The lowest BCUT2D eigenvalue weighted by Gasteiger charge is -2.42. The molecule has 0 atom stereocenters. The fourth-order valence-corrected chi connectivity index (χ4v) is 5.11. The maximum Gasteiger partial charge on any atom is 0.146 e. The Balaban J connectivity index is 1.18. The summed E-state index contributed by atoms with van der Waals surface area (Å²) >= 11 is 0. The lowest BCUT2D eigenvalue weighted by Crippen LogP contribution is -2.45. The van der Waals surface area contributed by atoms with Crippen LogP contribution in [-0.2, 0) is 9.47 Å². The van der Waals surface area contributed by atoms with E-state index in [-0.39, 0.29) is 5.60 Å². The molecule has 30 heavy (non-hydrogen) atoms. The second-order valence-electron chi connectivity index (χ2n) is 10.8. The minimum Gasteiger partial charge on any atom is -0.375 e. The zero-order valence-corrected chi connectivity index (χ0v) is 19.7. The third-order valence-electron chi connectivity index (χ3n) is 6.96. The molecule has 0 amide bonds. The molecule has 0 aromatic carbocycles. The maximum absolute atomic E-state index is 6.35. The molecule has 0 bridgehead atoms. The van der Waals surface area contributed by atoms with E-state index in [9.17, 15) is 0 Å². The van der Waals surface area contributed by atoms with E-state index >= 15 is 0 Å². The van der Waals surface area contributed by atoms with Crippen molar-refractivity contribution in [2.75, 3.05) is 31.1 Å². The second-order valence-corrected chi connectivity index (χ2v) is 10.8. The van der Waals surface area contributed by atoms with Crippen LogP contribution in [0.2, 0.25) is 0 Å². The summed E-state index contributed by atoms with van der Waals surface area (Å²) in [6.07, 6.45) is 12.3. The lowest BCUT2D eigenvalue weighted by molar-refractivity contribution is -0.164. The van der Waals surface area contributed by atoms with E-state index in [1.54, 1.807) is 0 Å². The molecule has 1 saturated carbocycles. The monoisotopic (exact) mass is 418 g/mol. The number of likely N-dealkylation sites (tertiary alicyclic amines) is 1. The quantitative estimate of drug-likeness (QED) is 0.691. The highest BCUT2D eigenvalue weighted by atomic mass is 16.5. The van der Waals surface area contributed by atoms with Gasteiger partial charge < -0.3 is 23.8 Å². The zero-order chi connectivity index (χ0) is 21.3. The Bertz CT molecular complexity index is 661. The van der Waals surface area contributed by atoms with Crippen molar-refractivity contribution in [2.45, 2.75) is 109 Å². The predicted molar refractivity (Wildman–Crippen MR) is 121 cm³/mol. The van der Waals surface area contributed by atoms with Gasteiger partial charge in [0.25, 0.3) is 0 Å². The Morgan fingerprint density at radius 2 is 1.60 bits per heavy atom. The van der Waals surface area contributed by atoms with Crippen molar-refractivity contribution in [2.24, 2.45) is 0 Å². The minimum absolute atomic E-state index is 0.0458. The molecule has 3 heterocycles. The van der Waals surface area contributed by atoms with Crippen LogP contribution in [0.15, 0.2) is 12.5 Å². The van der Waals surface area contributed by atoms with Gasteiger partial charge in [-0.2, -0.15) is 0 Å². The maximum atomic E-state index is 6.35. The van der Waals surface area contributed by atoms with Crippen LogP contribution in [0.25, 0.3) is 0 Å². The molecule has 1 aromatic heterocycles. The molecule has 4 rings (SSSR count). The molecular weight excluding hydrogens is 376 g/mol. The number of anilines is 1. The van der Waals surface area contributed by atoms with Crippen LogP contribution < -0.4 is 4.90 Å². The van der Waals surface area contributed by atoms with E-state index in [0.29, 0.717) is 30.4 Å². The van der Waals surface area contributed by atoms with Crippen LogP contribution in [-0.4, -0.2) is 70.6 Å². The van der Waals surface area contributed by atoms with E-state index in [4.69, 9.17) is 14.5 Å². The predicted octanol–water partition coefficient (Wildman–Crippen LogP) is 4.26. The van der Waals surface area contributed by atoms with Crippen molar-refractivity contribution >= 4 is 5.82 Å². The molecule has 6 nitrogen and oxygen atoms in total. The average molecular weight is 419 g/mol. The van der Waals surface area contributed by atoms with E-state index in [2.05, 4.69) is 61.5 Å². The fourth-order valence-electron chi connectivity index (χ4n) is 5.11. The molecule has 3 aliphatic rings. The molecule has 0 N–H and O–H groups in total. The summed E-state index contributed by atoms with van der Waals surface area (Å²) in [6.45, 7) is 15.5. The number of hydrogen-bond acceptors (Lipinski definition) is 5. The third kappa shape index (κ3) is 5.57. The number of nitrogens with zero attached hydrogens (tertiary/aromatic N) is 4. The van der Waals surface area contributed by atoms with Crippen molar-refractivity contribution in [3.63, 3.8) is 0 Å². The van der Waals surface area contributed by atoms with Crippen LogP contribution in [0.4, 0.5) is 5.82 Å². The minimum atomic E-state index is -0.0458. The van der Waals surface area contributed by atoms with Gasteiger partial charge in [0.2, 0.25) is 0 Å². The molecule has 1 aromatic rings. The number of rotatable bonds is 6. The van der Waals surface area contributed by atoms with Gasteiger partial charge in [-0.25, -0.2) is 4.98 Å². The van der Waals surface area contributed by atoms with Crippen LogP contribution in [0.5, 0.6) is 0 Å². The zero-order valence-electron chi connectivity index (χ0n) is 19.7. The van der Waals surface area contributed by atoms with E-state index in [1.807, 2.05) is 0 Å². The van der Waals surface area contributed by atoms with Gasteiger partial charge in [0, 0.05) is 44.5 Å². The second kappa shape index (κ2) is 9.17. The normalized spacial score (nSPS) is 27.6. The van der Waals surface area contributed by atoms with Crippen molar-refractivity contribution < 1.29 is 9.47 Å². The molecule has 3 fully saturated rings. The molecule has 1 aliphatic carbocycles. The van der Waals surface area contributed by atoms with Crippen LogP contribution >= 0.6 is 0 Å². The van der Waals surface area contributed by atoms with Crippen molar-refractivity contribution in [3.05, 3.63) is 12.5 Å². The summed E-state index contributed by atoms with van der Waals surface area (Å²) in [5, 5.41) is 0. The molecule has 170 valence electrons. The molecule has 0 radical (unpaired) electrons. The average Bonchev–Trinajstić information content (AvgIpc) is 3.16. The van der Waals surface area contributed by atoms with Crippen LogP contribution in [0.1, 0.15) is 79.2 Å². The number of imidazole rings is 1. The smallest absolute Gasteiger partial charge is 0.146 e. The summed E-state index contributed by atoms with van der Waals surface area (Å²) in [7, 11) is 0.